The zero-order chi connectivity index (χ0) is 14.5. The van der Waals surface area contributed by atoms with Crippen molar-refractivity contribution in [1.29, 1.82) is 0 Å². The Morgan fingerprint density at radius 1 is 1.25 bits per heavy atom. The minimum atomic E-state index is -0.550. The third kappa shape index (κ3) is 3.01. The molecule has 2 aromatic rings. The average Bonchev–Trinajstić information content (AvgIpc) is 2.45. The van der Waals surface area contributed by atoms with Crippen molar-refractivity contribution in [3.63, 3.8) is 0 Å². The predicted octanol–water partition coefficient (Wildman–Crippen LogP) is 2.40. The molecule has 1 heterocycles. The van der Waals surface area contributed by atoms with E-state index in [9.17, 15) is 14.9 Å². The summed E-state index contributed by atoms with van der Waals surface area (Å²) < 4.78 is 0. The third-order valence-electron chi connectivity index (χ3n) is 2.42. The summed E-state index contributed by atoms with van der Waals surface area (Å²) in [6, 6.07) is 8.99. The Bertz CT molecular complexity index is 663. The first-order chi connectivity index (χ1) is 9.59. The molecule has 0 bridgehead atoms. The number of nitrogens with one attached hydrogen (secondary N) is 2. The molecule has 102 valence electrons. The molecule has 2 rings (SSSR count). The number of hydrogen-bond donors (Lipinski definition) is 2. The van der Waals surface area contributed by atoms with Crippen LogP contribution in [0.3, 0.4) is 0 Å². The van der Waals surface area contributed by atoms with E-state index in [-0.39, 0.29) is 22.1 Å². The van der Waals surface area contributed by atoms with Crippen LogP contribution >= 0.6 is 11.6 Å². The molecule has 1 aromatic heterocycles. The quantitative estimate of drug-likeness (QED) is 0.512. The van der Waals surface area contributed by atoms with Crippen molar-refractivity contribution < 1.29 is 9.72 Å². The SMILES string of the molecule is O=C(NNc1ccccc1[N+](=O)[O-])c1cccnc1Cl. The molecule has 0 atom stereocenters. The Labute approximate surface area is 118 Å². The molecular weight excluding hydrogens is 284 g/mol. The highest BCUT2D eigenvalue weighted by Crippen LogP contribution is 2.22. The Morgan fingerprint density at radius 3 is 2.70 bits per heavy atom. The lowest BCUT2D eigenvalue weighted by Gasteiger charge is -2.09. The Kier molecular flexibility index (Phi) is 4.11. The zero-order valence-electron chi connectivity index (χ0n) is 10.0. The van der Waals surface area contributed by atoms with Crippen LogP contribution in [-0.4, -0.2) is 15.8 Å². The Morgan fingerprint density at radius 2 is 2.00 bits per heavy atom. The van der Waals surface area contributed by atoms with Gasteiger partial charge < -0.3 is 0 Å². The first kappa shape index (κ1) is 13.8. The number of para-hydroxylation sites is 2. The smallest absolute Gasteiger partial charge is 0.292 e. The maximum Gasteiger partial charge on any atom is 0.294 e. The van der Waals surface area contributed by atoms with Crippen molar-refractivity contribution >= 4 is 28.9 Å². The molecule has 0 radical (unpaired) electrons. The van der Waals surface area contributed by atoms with E-state index >= 15 is 0 Å². The minimum absolute atomic E-state index is 0.0503. The molecule has 0 saturated heterocycles. The summed E-state index contributed by atoms with van der Waals surface area (Å²) in [6.45, 7) is 0. The lowest BCUT2D eigenvalue weighted by atomic mass is 10.2. The number of hydrogen-bond acceptors (Lipinski definition) is 5. The summed E-state index contributed by atoms with van der Waals surface area (Å²) in [6.07, 6.45) is 1.45. The van der Waals surface area contributed by atoms with E-state index < -0.39 is 10.8 Å². The fourth-order valence-electron chi connectivity index (χ4n) is 1.49. The van der Waals surface area contributed by atoms with Crippen LogP contribution in [0.1, 0.15) is 10.4 Å². The van der Waals surface area contributed by atoms with Crippen LogP contribution < -0.4 is 10.9 Å². The fourth-order valence-corrected chi connectivity index (χ4v) is 1.69. The number of nitrogens with zero attached hydrogens (tertiary/aromatic N) is 2. The van der Waals surface area contributed by atoms with Crippen molar-refractivity contribution in [3.05, 3.63) is 63.4 Å². The lowest BCUT2D eigenvalue weighted by molar-refractivity contribution is -0.384. The molecule has 0 spiro atoms. The fraction of sp³-hybridized carbons (Fsp3) is 0. The number of anilines is 1. The highest BCUT2D eigenvalue weighted by Gasteiger charge is 2.14. The third-order valence-corrected chi connectivity index (χ3v) is 2.72. The largest absolute Gasteiger partial charge is 0.294 e. The van der Waals surface area contributed by atoms with Gasteiger partial charge in [0, 0.05) is 12.3 Å². The maximum absolute atomic E-state index is 11.9. The molecule has 1 aromatic carbocycles. The van der Waals surface area contributed by atoms with Gasteiger partial charge in [0.15, 0.2) is 0 Å². The van der Waals surface area contributed by atoms with Gasteiger partial charge in [0.25, 0.3) is 11.6 Å². The van der Waals surface area contributed by atoms with Crippen LogP contribution in [0.5, 0.6) is 0 Å². The lowest BCUT2D eigenvalue weighted by Crippen LogP contribution is -2.30. The van der Waals surface area contributed by atoms with Crippen molar-refractivity contribution in [3.8, 4) is 0 Å². The number of benzene rings is 1. The van der Waals surface area contributed by atoms with Gasteiger partial charge in [-0.25, -0.2) is 4.98 Å². The monoisotopic (exact) mass is 292 g/mol. The summed E-state index contributed by atoms with van der Waals surface area (Å²) >= 11 is 5.77. The summed E-state index contributed by atoms with van der Waals surface area (Å²) in [5, 5.41) is 10.9. The molecule has 0 fully saturated rings. The van der Waals surface area contributed by atoms with Crippen LogP contribution in [0.2, 0.25) is 5.15 Å². The standard InChI is InChI=1S/C12H9ClN4O3/c13-11-8(4-3-7-14-11)12(18)16-15-9-5-1-2-6-10(9)17(19)20/h1-7,15H,(H,16,18). The number of amides is 1. The second kappa shape index (κ2) is 5.98. The van der Waals surface area contributed by atoms with E-state index in [2.05, 4.69) is 15.8 Å². The van der Waals surface area contributed by atoms with E-state index in [4.69, 9.17) is 11.6 Å². The number of pyridine rings is 1. The highest BCUT2D eigenvalue weighted by molar-refractivity contribution is 6.32. The second-order valence-corrected chi connectivity index (χ2v) is 4.05. The zero-order valence-corrected chi connectivity index (χ0v) is 10.8. The Balaban J connectivity index is 2.12. The number of carbonyl (C=O) groups is 1. The molecular formula is C12H9ClN4O3. The molecule has 0 unspecified atom stereocenters. The average molecular weight is 293 g/mol. The van der Waals surface area contributed by atoms with Crippen LogP contribution in [0.25, 0.3) is 0 Å². The van der Waals surface area contributed by atoms with Crippen LogP contribution in [0, 0.1) is 10.1 Å². The normalized spacial score (nSPS) is 9.85. The van der Waals surface area contributed by atoms with E-state index in [0.29, 0.717) is 0 Å². The van der Waals surface area contributed by atoms with Gasteiger partial charge in [-0.15, -0.1) is 0 Å². The van der Waals surface area contributed by atoms with Gasteiger partial charge in [-0.2, -0.15) is 0 Å². The molecule has 8 heteroatoms. The van der Waals surface area contributed by atoms with Crippen molar-refractivity contribution in [2.75, 3.05) is 5.43 Å². The van der Waals surface area contributed by atoms with Gasteiger partial charge in [-0.3, -0.25) is 25.8 Å². The van der Waals surface area contributed by atoms with Gasteiger partial charge in [0.1, 0.15) is 10.8 Å². The first-order valence-corrected chi connectivity index (χ1v) is 5.87. The molecule has 2 N–H and O–H groups in total. The molecule has 7 nitrogen and oxygen atoms in total. The van der Waals surface area contributed by atoms with Crippen molar-refractivity contribution in [2.45, 2.75) is 0 Å². The summed E-state index contributed by atoms with van der Waals surface area (Å²) in [5.74, 6) is -0.541. The summed E-state index contributed by atoms with van der Waals surface area (Å²) in [5.41, 5.74) is 5.02. The number of aromatic nitrogens is 1. The summed E-state index contributed by atoms with van der Waals surface area (Å²) in [7, 11) is 0. The Hall–Kier alpha value is -2.67. The van der Waals surface area contributed by atoms with E-state index in [0.717, 1.165) is 0 Å². The number of carbonyl (C=O) groups excluding carboxylic acids is 1. The minimum Gasteiger partial charge on any atom is -0.292 e. The number of halogens is 1. The molecule has 0 aliphatic carbocycles. The van der Waals surface area contributed by atoms with Crippen LogP contribution in [-0.2, 0) is 0 Å². The van der Waals surface area contributed by atoms with Crippen LogP contribution in [0.4, 0.5) is 11.4 Å². The summed E-state index contributed by atoms with van der Waals surface area (Å²) in [4.78, 5) is 25.9. The van der Waals surface area contributed by atoms with Gasteiger partial charge in [0.2, 0.25) is 0 Å². The molecule has 0 aliphatic rings. The topological polar surface area (TPSA) is 97.2 Å². The maximum atomic E-state index is 11.9. The first-order valence-electron chi connectivity index (χ1n) is 5.50. The molecule has 0 aliphatic heterocycles. The van der Waals surface area contributed by atoms with Crippen molar-refractivity contribution in [2.24, 2.45) is 0 Å². The predicted molar refractivity (Wildman–Crippen MR) is 73.4 cm³/mol. The number of rotatable bonds is 4. The van der Waals surface area contributed by atoms with Gasteiger partial charge in [0.05, 0.1) is 10.5 Å². The highest BCUT2D eigenvalue weighted by atomic mass is 35.5. The second-order valence-electron chi connectivity index (χ2n) is 3.70. The molecule has 1 amide bonds. The van der Waals surface area contributed by atoms with Gasteiger partial charge >= 0.3 is 0 Å². The van der Waals surface area contributed by atoms with Gasteiger partial charge in [-0.05, 0) is 18.2 Å². The molecule has 0 saturated carbocycles. The van der Waals surface area contributed by atoms with Gasteiger partial charge in [-0.1, -0.05) is 23.7 Å². The molecule has 20 heavy (non-hydrogen) atoms. The van der Waals surface area contributed by atoms with E-state index in [1.54, 1.807) is 12.1 Å². The number of nitro groups is 1. The van der Waals surface area contributed by atoms with Crippen molar-refractivity contribution in [1.82, 2.24) is 10.4 Å². The number of hydrazine groups is 1. The number of nitro benzene ring substituents is 1. The van der Waals surface area contributed by atoms with Crippen LogP contribution in [0.15, 0.2) is 42.6 Å². The van der Waals surface area contributed by atoms with E-state index in [1.165, 1.54) is 30.5 Å². The van der Waals surface area contributed by atoms with E-state index in [1.807, 2.05) is 0 Å².